The highest BCUT2D eigenvalue weighted by atomic mass is 16.2. The Labute approximate surface area is 133 Å². The Balaban J connectivity index is 1.42. The molecule has 2 N–H and O–H groups in total. The molecule has 0 aromatic rings. The van der Waals surface area contributed by atoms with E-state index in [0.717, 1.165) is 45.1 Å². The molecule has 3 aliphatic rings. The van der Waals surface area contributed by atoms with Crippen molar-refractivity contribution >= 4 is 11.9 Å². The predicted octanol–water partition coefficient (Wildman–Crippen LogP) is 2.27. The van der Waals surface area contributed by atoms with E-state index >= 15 is 0 Å². The summed E-state index contributed by atoms with van der Waals surface area (Å²) in [5, 5.41) is 6.23. The summed E-state index contributed by atoms with van der Waals surface area (Å²) in [5.74, 6) is 0.972. The zero-order valence-corrected chi connectivity index (χ0v) is 13.6. The van der Waals surface area contributed by atoms with Crippen molar-refractivity contribution in [2.24, 2.45) is 11.8 Å². The van der Waals surface area contributed by atoms with Gasteiger partial charge in [-0.1, -0.05) is 12.8 Å². The van der Waals surface area contributed by atoms with Gasteiger partial charge >= 0.3 is 6.03 Å². The largest absolute Gasteiger partial charge is 0.353 e. The predicted molar refractivity (Wildman–Crippen MR) is 85.4 cm³/mol. The van der Waals surface area contributed by atoms with E-state index in [9.17, 15) is 9.59 Å². The van der Waals surface area contributed by atoms with Gasteiger partial charge < -0.3 is 15.5 Å². The van der Waals surface area contributed by atoms with Crippen LogP contribution in [0.15, 0.2) is 0 Å². The van der Waals surface area contributed by atoms with Crippen LogP contribution in [0.25, 0.3) is 0 Å². The van der Waals surface area contributed by atoms with Crippen LogP contribution in [0.5, 0.6) is 0 Å². The quantitative estimate of drug-likeness (QED) is 0.818. The van der Waals surface area contributed by atoms with Crippen molar-refractivity contribution in [2.45, 2.75) is 69.9 Å². The third-order valence-electron chi connectivity index (χ3n) is 5.40. The summed E-state index contributed by atoms with van der Waals surface area (Å²) in [6.07, 6.45) is 9.85. The second-order valence-corrected chi connectivity index (χ2v) is 7.47. The highest BCUT2D eigenvalue weighted by molar-refractivity contribution is 5.79. The van der Waals surface area contributed by atoms with Gasteiger partial charge in [-0.05, 0) is 50.9 Å². The van der Waals surface area contributed by atoms with Crippen LogP contribution in [0.2, 0.25) is 0 Å². The number of carbonyl (C=O) groups excluding carboxylic acids is 2. The number of hydrogen-bond donors (Lipinski definition) is 2. The van der Waals surface area contributed by atoms with Crippen LogP contribution in [0.3, 0.4) is 0 Å². The molecule has 0 aromatic heterocycles. The van der Waals surface area contributed by atoms with Gasteiger partial charge in [0.05, 0.1) is 0 Å². The molecule has 0 unspecified atom stereocenters. The maximum Gasteiger partial charge on any atom is 0.317 e. The van der Waals surface area contributed by atoms with Gasteiger partial charge in [0, 0.05) is 31.6 Å². The van der Waals surface area contributed by atoms with Crippen molar-refractivity contribution in [2.75, 3.05) is 13.6 Å². The summed E-state index contributed by atoms with van der Waals surface area (Å²) in [6.45, 7) is 0.865. The fourth-order valence-electron chi connectivity index (χ4n) is 3.54. The third-order valence-corrected chi connectivity index (χ3v) is 5.40. The van der Waals surface area contributed by atoms with Crippen LogP contribution in [-0.4, -0.2) is 42.5 Å². The molecule has 0 spiro atoms. The Kier molecular flexibility index (Phi) is 4.89. The highest BCUT2D eigenvalue weighted by Gasteiger charge is 2.32. The van der Waals surface area contributed by atoms with E-state index < -0.39 is 0 Å². The maximum absolute atomic E-state index is 12.3. The number of carbonyl (C=O) groups is 2. The smallest absolute Gasteiger partial charge is 0.317 e. The number of urea groups is 1. The van der Waals surface area contributed by atoms with Crippen LogP contribution < -0.4 is 10.6 Å². The minimum Gasteiger partial charge on any atom is -0.353 e. The van der Waals surface area contributed by atoms with E-state index in [1.54, 1.807) is 0 Å². The average Bonchev–Trinajstić information content (AvgIpc) is 3.26. The first-order valence-corrected chi connectivity index (χ1v) is 8.94. The van der Waals surface area contributed by atoms with Gasteiger partial charge in [-0.25, -0.2) is 4.79 Å². The van der Waals surface area contributed by atoms with E-state index in [1.165, 1.54) is 19.3 Å². The number of nitrogens with zero attached hydrogens (tertiary/aromatic N) is 1. The Hall–Kier alpha value is -1.26. The number of hydrogen-bond acceptors (Lipinski definition) is 2. The molecule has 3 saturated carbocycles. The van der Waals surface area contributed by atoms with Gasteiger partial charge in [0.15, 0.2) is 0 Å². The highest BCUT2D eigenvalue weighted by Crippen LogP contribution is 2.28. The van der Waals surface area contributed by atoms with Crippen molar-refractivity contribution in [1.82, 2.24) is 15.5 Å². The molecule has 5 heteroatoms. The molecule has 0 aliphatic heterocycles. The lowest BCUT2D eigenvalue weighted by Crippen LogP contribution is -2.48. The molecule has 0 radical (unpaired) electrons. The zero-order valence-electron chi connectivity index (χ0n) is 13.6. The zero-order chi connectivity index (χ0) is 15.5. The Morgan fingerprint density at radius 1 is 0.955 bits per heavy atom. The van der Waals surface area contributed by atoms with Crippen LogP contribution in [-0.2, 0) is 4.79 Å². The molecule has 22 heavy (non-hydrogen) atoms. The normalized spacial score (nSPS) is 28.6. The second-order valence-electron chi connectivity index (χ2n) is 7.47. The number of nitrogens with one attached hydrogen (secondary N) is 2. The van der Waals surface area contributed by atoms with Gasteiger partial charge in [-0.3, -0.25) is 4.79 Å². The van der Waals surface area contributed by atoms with Gasteiger partial charge in [0.2, 0.25) is 5.91 Å². The van der Waals surface area contributed by atoms with E-state index in [0.29, 0.717) is 12.0 Å². The van der Waals surface area contributed by atoms with Gasteiger partial charge in [-0.2, -0.15) is 0 Å². The average molecular weight is 307 g/mol. The molecule has 124 valence electrons. The van der Waals surface area contributed by atoms with Gasteiger partial charge in [-0.15, -0.1) is 0 Å². The van der Waals surface area contributed by atoms with E-state index in [4.69, 9.17) is 0 Å². The van der Waals surface area contributed by atoms with Crippen molar-refractivity contribution in [3.05, 3.63) is 0 Å². The topological polar surface area (TPSA) is 61.4 Å². The van der Waals surface area contributed by atoms with Crippen LogP contribution in [0, 0.1) is 11.8 Å². The summed E-state index contributed by atoms with van der Waals surface area (Å²) in [5.41, 5.74) is 0. The number of amides is 3. The van der Waals surface area contributed by atoms with Crippen LogP contribution >= 0.6 is 0 Å². The first kappa shape index (κ1) is 15.6. The molecule has 0 aromatic carbocycles. The second kappa shape index (κ2) is 6.88. The summed E-state index contributed by atoms with van der Waals surface area (Å²) >= 11 is 0. The fourth-order valence-corrected chi connectivity index (χ4v) is 3.54. The summed E-state index contributed by atoms with van der Waals surface area (Å²) in [6, 6.07) is 0.608. The molecule has 0 bridgehead atoms. The lowest BCUT2D eigenvalue weighted by molar-refractivity contribution is -0.126. The summed E-state index contributed by atoms with van der Waals surface area (Å²) < 4.78 is 0. The van der Waals surface area contributed by atoms with Crippen molar-refractivity contribution in [3.8, 4) is 0 Å². The maximum atomic E-state index is 12.3. The lowest BCUT2D eigenvalue weighted by Gasteiger charge is -2.33. The van der Waals surface area contributed by atoms with E-state index in [-0.39, 0.29) is 23.9 Å². The Morgan fingerprint density at radius 3 is 2.32 bits per heavy atom. The molecule has 3 fully saturated rings. The monoisotopic (exact) mass is 307 g/mol. The molecule has 2 atom stereocenters. The molecule has 0 heterocycles. The standard InChI is InChI=1S/C17H29N3O2/c1-20(11-12-4-2-5-12)17(22)19-15-7-3-6-13(10-15)16(21)18-14-8-9-14/h12-15H,2-11H2,1H3,(H,18,21)(H,19,22)/t13-,15-/m1/s1. The van der Waals surface area contributed by atoms with Crippen molar-refractivity contribution in [3.63, 3.8) is 0 Å². The minimum absolute atomic E-state index is 0.0279. The van der Waals surface area contributed by atoms with Crippen molar-refractivity contribution < 1.29 is 9.59 Å². The van der Waals surface area contributed by atoms with E-state index in [1.807, 2.05) is 11.9 Å². The molecule has 0 saturated heterocycles. The first-order valence-electron chi connectivity index (χ1n) is 8.94. The van der Waals surface area contributed by atoms with Gasteiger partial charge in [0.25, 0.3) is 0 Å². The minimum atomic E-state index is 0.0279. The summed E-state index contributed by atoms with van der Waals surface area (Å²) in [7, 11) is 1.88. The first-order chi connectivity index (χ1) is 10.6. The van der Waals surface area contributed by atoms with Gasteiger partial charge in [0.1, 0.15) is 0 Å². The molecule has 3 rings (SSSR count). The number of rotatable bonds is 5. The Morgan fingerprint density at radius 2 is 1.68 bits per heavy atom. The fraction of sp³-hybridized carbons (Fsp3) is 0.882. The third kappa shape index (κ3) is 4.14. The van der Waals surface area contributed by atoms with Crippen LogP contribution in [0.4, 0.5) is 4.79 Å². The molecular weight excluding hydrogens is 278 g/mol. The lowest BCUT2D eigenvalue weighted by atomic mass is 9.84. The Bertz CT molecular complexity index is 418. The molecular formula is C17H29N3O2. The van der Waals surface area contributed by atoms with Crippen LogP contribution in [0.1, 0.15) is 57.8 Å². The molecule has 3 aliphatic carbocycles. The SMILES string of the molecule is CN(CC1CCC1)C(=O)N[C@@H]1CCC[C@@H](C(=O)NC2CC2)C1. The molecule has 3 amide bonds. The van der Waals surface area contributed by atoms with Crippen molar-refractivity contribution in [1.29, 1.82) is 0 Å². The summed E-state index contributed by atoms with van der Waals surface area (Å²) in [4.78, 5) is 26.3. The molecule has 5 nitrogen and oxygen atoms in total. The van der Waals surface area contributed by atoms with E-state index in [2.05, 4.69) is 10.6 Å².